The summed E-state index contributed by atoms with van der Waals surface area (Å²) in [4.78, 5) is 0. The normalized spacial score (nSPS) is 21.5. The molecule has 1 aromatic carbocycles. The topological polar surface area (TPSA) is 23.8 Å². The maximum atomic E-state index is 8.74. The molecule has 0 heterocycles. The Kier molecular flexibility index (Phi) is 6.11. The first-order chi connectivity index (χ1) is 10.3. The van der Waals surface area contributed by atoms with Crippen molar-refractivity contribution in [3.63, 3.8) is 0 Å². The maximum absolute atomic E-state index is 8.74. The van der Waals surface area contributed by atoms with Gasteiger partial charge in [0.2, 0.25) is 0 Å². The van der Waals surface area contributed by atoms with Crippen molar-refractivity contribution >= 4 is 0 Å². The van der Waals surface area contributed by atoms with E-state index < -0.39 is 0 Å². The fourth-order valence-corrected chi connectivity index (χ4v) is 3.01. The molecule has 21 heavy (non-hydrogen) atoms. The van der Waals surface area contributed by atoms with Gasteiger partial charge in [0.15, 0.2) is 0 Å². The van der Waals surface area contributed by atoms with Crippen molar-refractivity contribution in [2.45, 2.75) is 45.4 Å². The smallest absolute Gasteiger partial charge is 0.0991 e. The minimum absolute atomic E-state index is 0.680. The predicted octanol–water partition coefficient (Wildman–Crippen LogP) is 5.07. The summed E-state index contributed by atoms with van der Waals surface area (Å²) in [5, 5.41) is 8.74. The Bertz CT molecular complexity index is 555. The van der Waals surface area contributed by atoms with Crippen LogP contribution < -0.4 is 0 Å². The highest BCUT2D eigenvalue weighted by atomic mass is 14.2. The molecule has 0 saturated heterocycles. The molecule has 2 rings (SSSR count). The molecule has 1 heteroatoms. The molecule has 0 aliphatic heterocycles. The van der Waals surface area contributed by atoms with Gasteiger partial charge in [0, 0.05) is 5.56 Å². The molecule has 0 radical (unpaired) electrons. The van der Waals surface area contributed by atoms with Crippen LogP contribution in [0.3, 0.4) is 0 Å². The summed E-state index contributed by atoms with van der Waals surface area (Å²) in [6, 6.07) is 9.53. The van der Waals surface area contributed by atoms with Crippen molar-refractivity contribution in [2.24, 2.45) is 11.8 Å². The van der Waals surface area contributed by atoms with E-state index in [1.165, 1.54) is 38.5 Å². The molecule has 0 unspecified atom stereocenters. The number of rotatable bonds is 3. The lowest BCUT2D eigenvalue weighted by molar-refractivity contribution is 0.294. The van der Waals surface area contributed by atoms with E-state index in [1.54, 1.807) is 0 Å². The zero-order valence-electron chi connectivity index (χ0n) is 12.8. The molecular weight excluding hydrogens is 254 g/mol. The Morgan fingerprint density at radius 1 is 1.10 bits per heavy atom. The number of hydrogen-bond donors (Lipinski definition) is 0. The maximum Gasteiger partial charge on any atom is 0.0991 e. The van der Waals surface area contributed by atoms with Crippen molar-refractivity contribution < 1.29 is 0 Å². The standard InChI is InChI=1S/C20H23N/c1-2-5-17-8-10-18(11-9-17)6-3-4-7-19-12-14-20(16-21)15-13-19/h3,6,12-15,17-18H,2,5,8-11H2,1H3/b6-3+/t17-,18-. The van der Waals surface area contributed by atoms with Crippen LogP contribution in [0.2, 0.25) is 0 Å². The fraction of sp³-hybridized carbons (Fsp3) is 0.450. The Morgan fingerprint density at radius 3 is 2.38 bits per heavy atom. The molecule has 0 spiro atoms. The van der Waals surface area contributed by atoms with E-state index in [0.29, 0.717) is 11.5 Å². The summed E-state index contributed by atoms with van der Waals surface area (Å²) in [7, 11) is 0. The first-order valence-electron chi connectivity index (χ1n) is 8.00. The summed E-state index contributed by atoms with van der Waals surface area (Å²) >= 11 is 0. The monoisotopic (exact) mass is 277 g/mol. The second kappa shape index (κ2) is 8.33. The Labute approximate surface area is 128 Å². The lowest BCUT2D eigenvalue weighted by atomic mass is 9.80. The average Bonchev–Trinajstić information content (AvgIpc) is 2.54. The van der Waals surface area contributed by atoms with Gasteiger partial charge in [0.25, 0.3) is 0 Å². The van der Waals surface area contributed by atoms with Crippen LogP contribution in [-0.4, -0.2) is 0 Å². The van der Waals surface area contributed by atoms with E-state index in [2.05, 4.69) is 30.9 Å². The molecular formula is C20H23N. The summed E-state index contributed by atoms with van der Waals surface area (Å²) in [6.07, 6.45) is 12.4. The van der Waals surface area contributed by atoms with Gasteiger partial charge in [0.1, 0.15) is 0 Å². The molecule has 108 valence electrons. The second-order valence-corrected chi connectivity index (χ2v) is 5.89. The van der Waals surface area contributed by atoms with Crippen LogP contribution in [0, 0.1) is 35.0 Å². The van der Waals surface area contributed by atoms with E-state index in [1.807, 2.05) is 30.3 Å². The Hall–Kier alpha value is -1.99. The van der Waals surface area contributed by atoms with E-state index in [4.69, 9.17) is 5.26 Å². The van der Waals surface area contributed by atoms with Gasteiger partial charge < -0.3 is 0 Å². The van der Waals surface area contributed by atoms with E-state index >= 15 is 0 Å². The number of hydrogen-bond acceptors (Lipinski definition) is 1. The fourth-order valence-electron chi connectivity index (χ4n) is 3.01. The molecule has 0 atom stereocenters. The Balaban J connectivity index is 1.81. The van der Waals surface area contributed by atoms with Gasteiger partial charge in [-0.3, -0.25) is 0 Å². The van der Waals surface area contributed by atoms with Crippen LogP contribution in [0.5, 0.6) is 0 Å². The van der Waals surface area contributed by atoms with Crippen molar-refractivity contribution in [3.8, 4) is 17.9 Å². The van der Waals surface area contributed by atoms with Gasteiger partial charge in [-0.25, -0.2) is 0 Å². The van der Waals surface area contributed by atoms with Gasteiger partial charge in [0.05, 0.1) is 11.6 Å². The van der Waals surface area contributed by atoms with Gasteiger partial charge in [-0.05, 0) is 67.9 Å². The molecule has 0 bridgehead atoms. The van der Waals surface area contributed by atoms with Gasteiger partial charge in [-0.2, -0.15) is 5.26 Å². The largest absolute Gasteiger partial charge is 0.192 e. The van der Waals surface area contributed by atoms with Crippen LogP contribution in [-0.2, 0) is 0 Å². The van der Waals surface area contributed by atoms with Gasteiger partial charge >= 0.3 is 0 Å². The quantitative estimate of drug-likeness (QED) is 0.707. The third kappa shape index (κ3) is 5.13. The molecule has 0 amide bonds. The van der Waals surface area contributed by atoms with Crippen LogP contribution in [0.15, 0.2) is 36.4 Å². The van der Waals surface area contributed by atoms with Crippen molar-refractivity contribution in [3.05, 3.63) is 47.5 Å². The van der Waals surface area contributed by atoms with E-state index in [9.17, 15) is 0 Å². The number of nitrogens with zero attached hydrogens (tertiary/aromatic N) is 1. The molecule has 1 nitrogen and oxygen atoms in total. The van der Waals surface area contributed by atoms with Gasteiger partial charge in [-0.15, -0.1) is 0 Å². The first kappa shape index (κ1) is 15.4. The molecule has 1 aromatic rings. The number of nitriles is 1. The minimum Gasteiger partial charge on any atom is -0.192 e. The lowest BCUT2D eigenvalue weighted by Crippen LogP contribution is -2.12. The van der Waals surface area contributed by atoms with E-state index in [-0.39, 0.29) is 0 Å². The van der Waals surface area contributed by atoms with Crippen molar-refractivity contribution in [2.75, 3.05) is 0 Å². The third-order valence-electron chi connectivity index (χ3n) is 4.27. The van der Waals surface area contributed by atoms with Crippen LogP contribution in [0.1, 0.15) is 56.6 Å². The summed E-state index contributed by atoms with van der Waals surface area (Å²) in [6.45, 7) is 2.28. The highest BCUT2D eigenvalue weighted by Crippen LogP contribution is 2.31. The molecule has 1 aliphatic carbocycles. The van der Waals surface area contributed by atoms with E-state index in [0.717, 1.165) is 11.5 Å². The average molecular weight is 277 g/mol. The Morgan fingerprint density at radius 2 is 1.76 bits per heavy atom. The molecule has 1 fully saturated rings. The second-order valence-electron chi connectivity index (χ2n) is 5.89. The zero-order valence-corrected chi connectivity index (χ0v) is 12.8. The minimum atomic E-state index is 0.680. The lowest BCUT2D eigenvalue weighted by Gasteiger charge is -2.26. The summed E-state index contributed by atoms with van der Waals surface area (Å²) < 4.78 is 0. The summed E-state index contributed by atoms with van der Waals surface area (Å²) in [5.41, 5.74) is 1.64. The number of benzene rings is 1. The molecule has 0 N–H and O–H groups in total. The van der Waals surface area contributed by atoms with Crippen LogP contribution in [0.4, 0.5) is 0 Å². The first-order valence-corrected chi connectivity index (χ1v) is 8.00. The highest BCUT2D eigenvalue weighted by molar-refractivity contribution is 5.41. The van der Waals surface area contributed by atoms with Crippen LogP contribution >= 0.6 is 0 Å². The molecule has 0 aromatic heterocycles. The zero-order chi connectivity index (χ0) is 14.9. The van der Waals surface area contributed by atoms with Crippen molar-refractivity contribution in [1.29, 1.82) is 5.26 Å². The SMILES string of the molecule is CCC[C@H]1CC[C@H](/C=C/C#Cc2ccc(C#N)cc2)CC1. The number of allylic oxidation sites excluding steroid dienone is 2. The molecule has 1 saturated carbocycles. The predicted molar refractivity (Wildman–Crippen MR) is 87.5 cm³/mol. The van der Waals surface area contributed by atoms with Crippen molar-refractivity contribution in [1.82, 2.24) is 0 Å². The summed E-state index contributed by atoms with van der Waals surface area (Å²) in [5.74, 6) is 7.91. The highest BCUT2D eigenvalue weighted by Gasteiger charge is 2.18. The van der Waals surface area contributed by atoms with Crippen LogP contribution in [0.25, 0.3) is 0 Å². The van der Waals surface area contributed by atoms with Gasteiger partial charge in [-0.1, -0.05) is 37.7 Å². The third-order valence-corrected chi connectivity index (χ3v) is 4.27. The molecule has 1 aliphatic rings.